The summed E-state index contributed by atoms with van der Waals surface area (Å²) in [4.78, 5) is 10.7. The molecule has 9 heavy (non-hydrogen) atoms. The second-order valence-corrected chi connectivity index (χ2v) is 2.44. The molecule has 3 heteroatoms. The van der Waals surface area contributed by atoms with Crippen LogP contribution in [0.4, 0.5) is 0 Å². The molecule has 0 heterocycles. The molecular formula is C6H9NOS. The van der Waals surface area contributed by atoms with E-state index in [4.69, 9.17) is 0 Å². The van der Waals surface area contributed by atoms with Crippen molar-refractivity contribution >= 4 is 18.7 Å². The van der Waals surface area contributed by atoms with Gasteiger partial charge in [0.05, 0.1) is 0 Å². The SMILES string of the molecule is C=CC1CC1C(=O)NS. The van der Waals surface area contributed by atoms with Crippen LogP contribution in [0.2, 0.25) is 0 Å². The summed E-state index contributed by atoms with van der Waals surface area (Å²) in [5.74, 6) is 0.570. The van der Waals surface area contributed by atoms with Gasteiger partial charge in [-0.15, -0.1) is 6.58 Å². The Bertz CT molecular complexity index is 146. The maximum absolute atomic E-state index is 10.7. The van der Waals surface area contributed by atoms with Gasteiger partial charge in [0.2, 0.25) is 5.91 Å². The molecule has 0 aromatic carbocycles. The number of carbonyl (C=O) groups excluding carboxylic acids is 1. The lowest BCUT2D eigenvalue weighted by Crippen LogP contribution is -2.14. The van der Waals surface area contributed by atoms with Gasteiger partial charge < -0.3 is 4.72 Å². The normalized spacial score (nSPS) is 31.2. The van der Waals surface area contributed by atoms with Gasteiger partial charge in [-0.25, -0.2) is 0 Å². The fourth-order valence-corrected chi connectivity index (χ4v) is 1.03. The second kappa shape index (κ2) is 2.43. The molecule has 0 bridgehead atoms. The van der Waals surface area contributed by atoms with Gasteiger partial charge in [0.15, 0.2) is 0 Å². The predicted octanol–water partition coefficient (Wildman–Crippen LogP) is 0.769. The maximum Gasteiger partial charge on any atom is 0.233 e. The predicted molar refractivity (Wildman–Crippen MR) is 38.9 cm³/mol. The summed E-state index contributed by atoms with van der Waals surface area (Å²) in [6.45, 7) is 3.58. The highest BCUT2D eigenvalue weighted by Gasteiger charge is 2.40. The first kappa shape index (κ1) is 6.68. The Kier molecular flexibility index (Phi) is 1.81. The molecule has 2 unspecified atom stereocenters. The minimum Gasteiger partial charge on any atom is -0.302 e. The van der Waals surface area contributed by atoms with Gasteiger partial charge in [0.25, 0.3) is 0 Å². The van der Waals surface area contributed by atoms with Crippen molar-refractivity contribution in [3.05, 3.63) is 12.7 Å². The van der Waals surface area contributed by atoms with Crippen molar-refractivity contribution in [1.29, 1.82) is 0 Å². The van der Waals surface area contributed by atoms with Crippen LogP contribution < -0.4 is 4.72 Å². The number of rotatable bonds is 2. The maximum atomic E-state index is 10.7. The fraction of sp³-hybridized carbons (Fsp3) is 0.500. The minimum absolute atomic E-state index is 0.0169. The van der Waals surface area contributed by atoms with E-state index in [1.54, 1.807) is 0 Å². The van der Waals surface area contributed by atoms with Crippen molar-refractivity contribution in [3.63, 3.8) is 0 Å². The Hall–Kier alpha value is -0.440. The highest BCUT2D eigenvalue weighted by molar-refractivity contribution is 7.78. The molecule has 1 fully saturated rings. The summed E-state index contributed by atoms with van der Waals surface area (Å²) in [5.41, 5.74) is 0. The Balaban J connectivity index is 2.33. The molecule has 2 nitrogen and oxygen atoms in total. The zero-order chi connectivity index (χ0) is 6.85. The monoisotopic (exact) mass is 143 g/mol. The quantitative estimate of drug-likeness (QED) is 0.434. The van der Waals surface area contributed by atoms with Gasteiger partial charge in [-0.1, -0.05) is 18.9 Å². The lowest BCUT2D eigenvalue weighted by Gasteiger charge is -1.91. The van der Waals surface area contributed by atoms with E-state index in [0.717, 1.165) is 6.42 Å². The standard InChI is InChI=1S/C6H9NOS/c1-2-4-3-5(4)6(8)7-9/h2,4-5,9H,1,3H2,(H,7,8). The summed E-state index contributed by atoms with van der Waals surface area (Å²) in [5, 5.41) is 0. The molecule has 1 rings (SSSR count). The second-order valence-electron chi connectivity index (χ2n) is 2.22. The van der Waals surface area contributed by atoms with E-state index in [9.17, 15) is 4.79 Å². The third kappa shape index (κ3) is 1.27. The van der Waals surface area contributed by atoms with E-state index >= 15 is 0 Å². The van der Waals surface area contributed by atoms with Crippen molar-refractivity contribution < 1.29 is 4.79 Å². The molecule has 1 amide bonds. The Morgan fingerprint density at radius 3 is 2.89 bits per heavy atom. The van der Waals surface area contributed by atoms with E-state index in [1.165, 1.54) is 0 Å². The third-order valence-electron chi connectivity index (χ3n) is 1.59. The van der Waals surface area contributed by atoms with Crippen molar-refractivity contribution in [1.82, 2.24) is 4.72 Å². The van der Waals surface area contributed by atoms with Gasteiger partial charge in [-0.2, -0.15) is 0 Å². The first-order valence-corrected chi connectivity index (χ1v) is 3.31. The van der Waals surface area contributed by atoms with Gasteiger partial charge in [0.1, 0.15) is 0 Å². The van der Waals surface area contributed by atoms with Crippen LogP contribution in [0.25, 0.3) is 0 Å². The summed E-state index contributed by atoms with van der Waals surface area (Å²) in [6.07, 6.45) is 2.75. The number of amides is 1. The van der Waals surface area contributed by atoms with Gasteiger partial charge in [-0.3, -0.25) is 4.79 Å². The Morgan fingerprint density at radius 1 is 1.89 bits per heavy atom. The molecule has 2 atom stereocenters. The van der Waals surface area contributed by atoms with Crippen LogP contribution in [0, 0.1) is 11.8 Å². The molecule has 50 valence electrons. The van der Waals surface area contributed by atoms with E-state index < -0.39 is 0 Å². The lowest BCUT2D eigenvalue weighted by molar-refractivity contribution is -0.120. The molecule has 1 N–H and O–H groups in total. The third-order valence-corrected chi connectivity index (χ3v) is 1.81. The molecule has 0 radical (unpaired) electrons. The van der Waals surface area contributed by atoms with Crippen molar-refractivity contribution in [2.24, 2.45) is 11.8 Å². The van der Waals surface area contributed by atoms with Gasteiger partial charge >= 0.3 is 0 Å². The molecule has 0 aromatic rings. The summed E-state index contributed by atoms with van der Waals surface area (Å²) in [6, 6.07) is 0. The van der Waals surface area contributed by atoms with Gasteiger partial charge in [-0.05, 0) is 12.3 Å². The van der Waals surface area contributed by atoms with Crippen LogP contribution in [0.15, 0.2) is 12.7 Å². The minimum atomic E-state index is 0.0169. The summed E-state index contributed by atoms with van der Waals surface area (Å²) < 4.78 is 2.30. The number of allylic oxidation sites excluding steroid dienone is 1. The Morgan fingerprint density at radius 2 is 2.56 bits per heavy atom. The first-order valence-electron chi connectivity index (χ1n) is 2.86. The molecule has 0 aromatic heterocycles. The lowest BCUT2D eigenvalue weighted by atomic mass is 10.3. The smallest absolute Gasteiger partial charge is 0.233 e. The van der Waals surface area contributed by atoms with Crippen molar-refractivity contribution in [3.8, 4) is 0 Å². The topological polar surface area (TPSA) is 29.1 Å². The molecule has 1 aliphatic rings. The van der Waals surface area contributed by atoms with Crippen LogP contribution in [-0.2, 0) is 4.79 Å². The summed E-state index contributed by atoms with van der Waals surface area (Å²) in [7, 11) is 0. The first-order chi connectivity index (χ1) is 4.29. The highest BCUT2D eigenvalue weighted by atomic mass is 32.1. The number of carbonyl (C=O) groups is 1. The molecule has 1 saturated carbocycles. The zero-order valence-corrected chi connectivity index (χ0v) is 5.90. The van der Waals surface area contributed by atoms with Crippen molar-refractivity contribution in [2.75, 3.05) is 0 Å². The number of hydrogen-bond acceptors (Lipinski definition) is 2. The molecule has 0 aliphatic heterocycles. The summed E-state index contributed by atoms with van der Waals surface area (Å²) >= 11 is 3.64. The fourth-order valence-electron chi connectivity index (χ4n) is 0.860. The average Bonchev–Trinajstić information content (AvgIpc) is 2.64. The van der Waals surface area contributed by atoms with E-state index in [-0.39, 0.29) is 11.8 Å². The van der Waals surface area contributed by atoms with Crippen molar-refractivity contribution in [2.45, 2.75) is 6.42 Å². The van der Waals surface area contributed by atoms with Crippen LogP contribution in [0.5, 0.6) is 0 Å². The molecule has 0 saturated heterocycles. The zero-order valence-electron chi connectivity index (χ0n) is 5.00. The van der Waals surface area contributed by atoms with E-state index in [2.05, 4.69) is 24.1 Å². The van der Waals surface area contributed by atoms with Crippen LogP contribution in [-0.4, -0.2) is 5.91 Å². The molecule has 1 aliphatic carbocycles. The largest absolute Gasteiger partial charge is 0.302 e. The van der Waals surface area contributed by atoms with E-state index in [0.29, 0.717) is 5.92 Å². The van der Waals surface area contributed by atoms with Crippen LogP contribution in [0.3, 0.4) is 0 Å². The Labute approximate surface area is 59.9 Å². The van der Waals surface area contributed by atoms with Crippen LogP contribution in [0.1, 0.15) is 6.42 Å². The van der Waals surface area contributed by atoms with E-state index in [1.807, 2.05) is 6.08 Å². The van der Waals surface area contributed by atoms with Crippen LogP contribution >= 0.6 is 12.8 Å². The highest BCUT2D eigenvalue weighted by Crippen LogP contribution is 2.39. The van der Waals surface area contributed by atoms with Gasteiger partial charge in [0, 0.05) is 5.92 Å². The number of hydrogen-bond donors (Lipinski definition) is 2. The molecule has 0 spiro atoms. The molecular weight excluding hydrogens is 134 g/mol. The number of nitrogens with one attached hydrogen (secondary N) is 1. The average molecular weight is 143 g/mol. The number of thiol groups is 1.